The molecule has 1 fully saturated rings. The van der Waals surface area contributed by atoms with E-state index in [2.05, 4.69) is 35.3 Å². The third-order valence-corrected chi connectivity index (χ3v) is 5.14. The molecule has 3 rings (SSSR count). The molecule has 0 aliphatic carbocycles. The Hall–Kier alpha value is -1.55. The minimum Gasteiger partial charge on any atom is -0.481 e. The van der Waals surface area contributed by atoms with E-state index < -0.39 is 5.97 Å². The first-order valence-corrected chi connectivity index (χ1v) is 8.46. The highest BCUT2D eigenvalue weighted by Gasteiger charge is 2.26. The predicted molar refractivity (Wildman–Crippen MR) is 88.4 cm³/mol. The zero-order valence-electron chi connectivity index (χ0n) is 13.3. The van der Waals surface area contributed by atoms with E-state index in [4.69, 9.17) is 5.11 Å². The number of aryl methyl sites for hydroxylation is 1. The van der Waals surface area contributed by atoms with Crippen molar-refractivity contribution in [1.29, 1.82) is 0 Å². The number of rotatable bonds is 4. The average molecular weight is 302 g/mol. The Morgan fingerprint density at radius 1 is 1.41 bits per heavy atom. The topological polar surface area (TPSA) is 52.6 Å². The molecule has 0 saturated carbocycles. The molecule has 2 heterocycles. The number of likely N-dealkylation sites (tertiary alicyclic amines) is 1. The van der Waals surface area contributed by atoms with Gasteiger partial charge in [0, 0.05) is 18.3 Å². The first-order valence-electron chi connectivity index (χ1n) is 8.46. The van der Waals surface area contributed by atoms with Gasteiger partial charge in [-0.3, -0.25) is 4.79 Å². The maximum Gasteiger partial charge on any atom is 0.306 e. The van der Waals surface area contributed by atoms with Crippen molar-refractivity contribution in [3.63, 3.8) is 0 Å². The van der Waals surface area contributed by atoms with E-state index in [1.807, 2.05) is 0 Å². The van der Waals surface area contributed by atoms with Crippen molar-refractivity contribution in [2.24, 2.45) is 5.92 Å². The van der Waals surface area contributed by atoms with E-state index >= 15 is 0 Å². The van der Waals surface area contributed by atoms with Gasteiger partial charge < -0.3 is 15.3 Å². The predicted octanol–water partition coefficient (Wildman–Crippen LogP) is 2.77. The third-order valence-electron chi connectivity index (χ3n) is 5.14. The highest BCUT2D eigenvalue weighted by molar-refractivity contribution is 5.70. The molecular formula is C18H26N2O2. The summed E-state index contributed by atoms with van der Waals surface area (Å²) in [6.07, 6.45) is 5.01. The van der Waals surface area contributed by atoms with Crippen molar-refractivity contribution in [1.82, 2.24) is 4.90 Å². The van der Waals surface area contributed by atoms with Gasteiger partial charge in [0.05, 0.1) is 5.92 Å². The van der Waals surface area contributed by atoms with Crippen molar-refractivity contribution in [2.45, 2.75) is 45.1 Å². The number of aliphatic carboxylic acids is 1. The van der Waals surface area contributed by atoms with Gasteiger partial charge in [-0.1, -0.05) is 12.1 Å². The Morgan fingerprint density at radius 3 is 2.91 bits per heavy atom. The van der Waals surface area contributed by atoms with Crippen LogP contribution in [0.15, 0.2) is 18.2 Å². The number of hydrogen-bond acceptors (Lipinski definition) is 3. The normalized spacial score (nSPS) is 21.0. The van der Waals surface area contributed by atoms with Crippen LogP contribution in [-0.2, 0) is 17.6 Å². The van der Waals surface area contributed by atoms with Gasteiger partial charge in [-0.2, -0.15) is 0 Å². The Kier molecular flexibility index (Phi) is 4.67. The molecule has 2 aliphatic rings. The molecule has 1 atom stereocenters. The monoisotopic (exact) mass is 302 g/mol. The molecule has 0 amide bonds. The van der Waals surface area contributed by atoms with Gasteiger partial charge in [0.1, 0.15) is 0 Å². The summed E-state index contributed by atoms with van der Waals surface area (Å²) >= 11 is 0. The number of carboxylic acids is 1. The Morgan fingerprint density at radius 2 is 2.18 bits per heavy atom. The van der Waals surface area contributed by atoms with Crippen LogP contribution < -0.4 is 5.32 Å². The Bertz CT molecular complexity index is 536. The smallest absolute Gasteiger partial charge is 0.306 e. The van der Waals surface area contributed by atoms with Crippen molar-refractivity contribution in [3.05, 3.63) is 29.3 Å². The van der Waals surface area contributed by atoms with Crippen molar-refractivity contribution < 1.29 is 9.90 Å². The highest BCUT2D eigenvalue weighted by atomic mass is 16.4. The summed E-state index contributed by atoms with van der Waals surface area (Å²) in [5.41, 5.74) is 4.14. The molecule has 1 aromatic rings. The van der Waals surface area contributed by atoms with Crippen molar-refractivity contribution in [3.8, 4) is 0 Å². The summed E-state index contributed by atoms with van der Waals surface area (Å²) < 4.78 is 0. The average Bonchev–Trinajstić information content (AvgIpc) is 2.55. The highest BCUT2D eigenvalue weighted by Crippen LogP contribution is 2.25. The van der Waals surface area contributed by atoms with E-state index in [9.17, 15) is 4.79 Å². The number of fused-ring (bicyclic) bond motifs is 1. The number of piperidine rings is 1. The maximum atomic E-state index is 11.0. The number of nitrogens with one attached hydrogen (secondary N) is 1. The maximum absolute atomic E-state index is 11.0. The van der Waals surface area contributed by atoms with Gasteiger partial charge in [0.25, 0.3) is 0 Å². The largest absolute Gasteiger partial charge is 0.481 e. The second-order valence-corrected chi connectivity index (χ2v) is 6.72. The van der Waals surface area contributed by atoms with Crippen LogP contribution in [-0.4, -0.2) is 41.7 Å². The molecule has 4 nitrogen and oxygen atoms in total. The van der Waals surface area contributed by atoms with Crippen LogP contribution in [0.4, 0.5) is 5.69 Å². The van der Waals surface area contributed by atoms with Crippen LogP contribution in [0, 0.1) is 5.92 Å². The zero-order valence-corrected chi connectivity index (χ0v) is 13.3. The molecule has 0 spiro atoms. The van der Waals surface area contributed by atoms with E-state index in [0.29, 0.717) is 6.04 Å². The van der Waals surface area contributed by atoms with E-state index in [0.717, 1.165) is 38.9 Å². The van der Waals surface area contributed by atoms with Crippen molar-refractivity contribution in [2.75, 3.05) is 25.0 Å². The molecule has 0 bridgehead atoms. The van der Waals surface area contributed by atoms with Crippen LogP contribution >= 0.6 is 0 Å². The lowest BCUT2D eigenvalue weighted by Crippen LogP contribution is -2.42. The van der Waals surface area contributed by atoms with Crippen LogP contribution in [0.1, 0.15) is 37.3 Å². The zero-order chi connectivity index (χ0) is 15.5. The molecule has 4 heteroatoms. The van der Waals surface area contributed by atoms with Crippen LogP contribution in [0.3, 0.4) is 0 Å². The fourth-order valence-electron chi connectivity index (χ4n) is 3.71. The first-order chi connectivity index (χ1) is 10.6. The van der Waals surface area contributed by atoms with Crippen LogP contribution in [0.25, 0.3) is 0 Å². The molecule has 22 heavy (non-hydrogen) atoms. The third kappa shape index (κ3) is 3.43. The SMILES string of the molecule is CC(Cc1ccc2c(c1)CCCN2)N1CCC(C(=O)O)CC1. The minimum atomic E-state index is -0.630. The van der Waals surface area contributed by atoms with E-state index in [1.54, 1.807) is 0 Å². The van der Waals surface area contributed by atoms with Gasteiger partial charge in [-0.15, -0.1) is 0 Å². The molecule has 120 valence electrons. The summed E-state index contributed by atoms with van der Waals surface area (Å²) in [5.74, 6) is -0.771. The number of carboxylic acid groups (broad SMARTS) is 1. The molecule has 2 aliphatic heterocycles. The summed E-state index contributed by atoms with van der Waals surface area (Å²) in [5, 5.41) is 12.5. The fraction of sp³-hybridized carbons (Fsp3) is 0.611. The molecule has 1 unspecified atom stereocenters. The lowest BCUT2D eigenvalue weighted by Gasteiger charge is -2.35. The Balaban J connectivity index is 1.58. The number of nitrogens with zero attached hydrogens (tertiary/aromatic N) is 1. The van der Waals surface area contributed by atoms with Gasteiger partial charge in [0.15, 0.2) is 0 Å². The molecule has 1 saturated heterocycles. The number of hydrogen-bond donors (Lipinski definition) is 2. The first kappa shape index (κ1) is 15.3. The summed E-state index contributed by atoms with van der Waals surface area (Å²) in [6.45, 7) is 5.16. The number of benzene rings is 1. The lowest BCUT2D eigenvalue weighted by atomic mass is 9.94. The fourth-order valence-corrected chi connectivity index (χ4v) is 3.71. The van der Waals surface area contributed by atoms with Crippen LogP contribution in [0.2, 0.25) is 0 Å². The second-order valence-electron chi connectivity index (χ2n) is 6.72. The van der Waals surface area contributed by atoms with Crippen molar-refractivity contribution >= 4 is 11.7 Å². The quantitative estimate of drug-likeness (QED) is 0.898. The number of carbonyl (C=O) groups is 1. The molecular weight excluding hydrogens is 276 g/mol. The molecule has 0 radical (unpaired) electrons. The van der Waals surface area contributed by atoms with E-state index in [-0.39, 0.29) is 5.92 Å². The minimum absolute atomic E-state index is 0.140. The van der Waals surface area contributed by atoms with Gasteiger partial charge >= 0.3 is 5.97 Å². The van der Waals surface area contributed by atoms with Crippen LogP contribution in [0.5, 0.6) is 0 Å². The lowest BCUT2D eigenvalue weighted by molar-refractivity contribution is -0.143. The molecule has 2 N–H and O–H groups in total. The van der Waals surface area contributed by atoms with E-state index in [1.165, 1.54) is 29.7 Å². The second kappa shape index (κ2) is 6.69. The van der Waals surface area contributed by atoms with Gasteiger partial charge in [-0.05, 0) is 69.3 Å². The Labute approximate surface area is 132 Å². The number of anilines is 1. The molecule has 0 aromatic heterocycles. The summed E-state index contributed by atoms with van der Waals surface area (Å²) in [4.78, 5) is 13.5. The summed E-state index contributed by atoms with van der Waals surface area (Å²) in [7, 11) is 0. The van der Waals surface area contributed by atoms with Gasteiger partial charge in [-0.25, -0.2) is 0 Å². The summed E-state index contributed by atoms with van der Waals surface area (Å²) in [6, 6.07) is 7.27. The molecule has 1 aromatic carbocycles. The van der Waals surface area contributed by atoms with Gasteiger partial charge in [0.2, 0.25) is 0 Å². The standard InChI is InChI=1S/C18H26N2O2/c1-13(20-9-6-15(7-10-20)18(21)22)11-14-4-5-17-16(12-14)3-2-8-19-17/h4-5,12-13,15,19H,2-3,6-11H2,1H3,(H,21,22).